The smallest absolute Gasteiger partial charge is 0.232 e. The van der Waals surface area contributed by atoms with E-state index in [0.717, 1.165) is 0 Å². The molecule has 1 aliphatic heterocycles. The summed E-state index contributed by atoms with van der Waals surface area (Å²) >= 11 is 0. The van der Waals surface area contributed by atoms with Gasteiger partial charge in [0.15, 0.2) is 12.0 Å². The Morgan fingerprint density at radius 1 is 1.44 bits per heavy atom. The van der Waals surface area contributed by atoms with Crippen molar-refractivity contribution >= 4 is 6.34 Å². The van der Waals surface area contributed by atoms with Crippen molar-refractivity contribution in [3.63, 3.8) is 0 Å². The predicted octanol–water partition coefficient (Wildman–Crippen LogP) is 0.913. The average Bonchev–Trinajstić information content (AvgIpc) is 2.08. The van der Waals surface area contributed by atoms with Crippen LogP contribution >= 0.6 is 0 Å². The van der Waals surface area contributed by atoms with Crippen molar-refractivity contribution in [2.45, 2.75) is 6.18 Å². The van der Waals surface area contributed by atoms with Gasteiger partial charge in [0.25, 0.3) is 0 Å². The molecular weight excluding hydrogens is 133 g/mol. The number of aliphatic imine (C=N–C) groups is 1. The maximum Gasteiger partial charge on any atom is 0.434 e. The van der Waals surface area contributed by atoms with Crippen LogP contribution in [-0.4, -0.2) is 12.5 Å². The van der Waals surface area contributed by atoms with E-state index in [9.17, 15) is 13.2 Å². The van der Waals surface area contributed by atoms with Gasteiger partial charge in [-0.05, 0) is 0 Å². The van der Waals surface area contributed by atoms with Gasteiger partial charge in [-0.2, -0.15) is 13.2 Å². The predicted molar refractivity (Wildman–Crippen MR) is 23.7 cm³/mol. The third-order valence-corrected chi connectivity index (χ3v) is 0.705. The Kier molecular flexibility index (Phi) is 1.19. The summed E-state index contributed by atoms with van der Waals surface area (Å²) in [4.78, 5) is 2.83. The number of nitrogens with zero attached hydrogens (tertiary/aromatic N) is 2. The Hall–Kier alpha value is -1.00. The van der Waals surface area contributed by atoms with Crippen LogP contribution in [0.1, 0.15) is 0 Å². The van der Waals surface area contributed by atoms with E-state index in [1.165, 1.54) is 0 Å². The minimum Gasteiger partial charge on any atom is -0.232 e. The van der Waals surface area contributed by atoms with Gasteiger partial charge in [0.05, 0.1) is 6.20 Å². The van der Waals surface area contributed by atoms with Gasteiger partial charge in [-0.25, -0.2) is 10.3 Å². The molecule has 9 heavy (non-hydrogen) atoms. The van der Waals surface area contributed by atoms with Gasteiger partial charge in [-0.1, -0.05) is 0 Å². The average molecular weight is 134 g/mol. The van der Waals surface area contributed by atoms with Gasteiger partial charge in [0.1, 0.15) is 0 Å². The van der Waals surface area contributed by atoms with Crippen LogP contribution in [0.3, 0.4) is 0 Å². The highest BCUT2D eigenvalue weighted by Crippen LogP contribution is 2.26. The standard InChI is InChI=1S/C4HF3N2/c5-4(6,7)3-1-8-2-9-3/h1H. The first kappa shape index (κ1) is 6.12. The lowest BCUT2D eigenvalue weighted by atomic mass is 10.5. The van der Waals surface area contributed by atoms with E-state index in [0.29, 0.717) is 6.20 Å². The normalized spacial score (nSPS) is 17.4. The monoisotopic (exact) mass is 134 g/mol. The lowest BCUT2D eigenvalue weighted by molar-refractivity contribution is -0.0921. The molecule has 48 valence electrons. The van der Waals surface area contributed by atoms with Crippen molar-refractivity contribution in [2.75, 3.05) is 0 Å². The summed E-state index contributed by atoms with van der Waals surface area (Å²) in [5, 5.41) is 3.03. The van der Waals surface area contributed by atoms with Crippen molar-refractivity contribution in [2.24, 2.45) is 4.99 Å². The summed E-state index contributed by atoms with van der Waals surface area (Å²) in [6, 6.07) is 0. The van der Waals surface area contributed by atoms with Gasteiger partial charge >= 0.3 is 6.18 Å². The fraction of sp³-hybridized carbons (Fsp3) is 0.250. The summed E-state index contributed by atoms with van der Waals surface area (Å²) in [6.07, 6.45) is -1.94. The summed E-state index contributed by atoms with van der Waals surface area (Å²) in [7, 11) is 0. The van der Waals surface area contributed by atoms with Crippen LogP contribution in [0.15, 0.2) is 16.9 Å². The number of allylic oxidation sites excluding steroid dienone is 1. The van der Waals surface area contributed by atoms with E-state index in [2.05, 4.69) is 10.3 Å². The maximum absolute atomic E-state index is 11.5. The fourth-order valence-corrected chi connectivity index (χ4v) is 0.338. The highest BCUT2D eigenvalue weighted by atomic mass is 19.4. The zero-order valence-corrected chi connectivity index (χ0v) is 4.11. The second-order valence-corrected chi connectivity index (χ2v) is 1.35. The highest BCUT2D eigenvalue weighted by Gasteiger charge is 2.35. The van der Waals surface area contributed by atoms with Crippen LogP contribution in [0.2, 0.25) is 0 Å². The van der Waals surface area contributed by atoms with Gasteiger partial charge in [-0.3, -0.25) is 0 Å². The van der Waals surface area contributed by atoms with Crippen LogP contribution in [-0.2, 0) is 0 Å². The zero-order valence-electron chi connectivity index (χ0n) is 4.11. The molecule has 0 aliphatic carbocycles. The molecule has 0 spiro atoms. The SMILES string of the molecule is FC(F)(F)C1=C[N][C]=N1. The number of alkyl halides is 3. The van der Waals surface area contributed by atoms with Gasteiger partial charge in [-0.15, -0.1) is 0 Å². The number of hydrogen-bond donors (Lipinski definition) is 0. The molecule has 1 aliphatic rings. The molecule has 0 unspecified atom stereocenters. The van der Waals surface area contributed by atoms with Crippen molar-refractivity contribution in [1.29, 1.82) is 0 Å². The van der Waals surface area contributed by atoms with Crippen LogP contribution in [0.5, 0.6) is 0 Å². The summed E-state index contributed by atoms with van der Waals surface area (Å²) in [5.74, 6) is 0. The van der Waals surface area contributed by atoms with E-state index in [1.54, 1.807) is 0 Å². The Morgan fingerprint density at radius 3 is 2.33 bits per heavy atom. The van der Waals surface area contributed by atoms with E-state index in [-0.39, 0.29) is 0 Å². The molecule has 0 saturated heterocycles. The number of hydrogen-bond acceptors (Lipinski definition) is 1. The summed E-state index contributed by atoms with van der Waals surface area (Å²) in [6.45, 7) is 0. The molecule has 0 atom stereocenters. The van der Waals surface area contributed by atoms with Crippen molar-refractivity contribution < 1.29 is 13.2 Å². The van der Waals surface area contributed by atoms with E-state index < -0.39 is 11.9 Å². The molecule has 0 amide bonds. The molecule has 5 heteroatoms. The van der Waals surface area contributed by atoms with Gasteiger partial charge < -0.3 is 0 Å². The van der Waals surface area contributed by atoms with Gasteiger partial charge in [0, 0.05) is 0 Å². The molecule has 0 bridgehead atoms. The molecule has 2 radical (unpaired) electrons. The summed E-state index contributed by atoms with van der Waals surface area (Å²) < 4.78 is 34.5. The van der Waals surface area contributed by atoms with E-state index >= 15 is 0 Å². The lowest BCUT2D eigenvalue weighted by Crippen LogP contribution is -2.08. The van der Waals surface area contributed by atoms with Crippen LogP contribution in [0.4, 0.5) is 13.2 Å². The minimum atomic E-state index is -4.38. The Morgan fingerprint density at radius 2 is 2.11 bits per heavy atom. The topological polar surface area (TPSA) is 26.5 Å². The first-order valence-electron chi connectivity index (χ1n) is 2.03. The molecule has 0 aromatic heterocycles. The van der Waals surface area contributed by atoms with E-state index in [1.807, 2.05) is 6.34 Å². The van der Waals surface area contributed by atoms with Gasteiger partial charge in [0.2, 0.25) is 0 Å². The second kappa shape index (κ2) is 1.75. The highest BCUT2D eigenvalue weighted by molar-refractivity contribution is 5.61. The van der Waals surface area contributed by atoms with Crippen LogP contribution < -0.4 is 5.32 Å². The molecule has 0 aromatic rings. The molecule has 0 fully saturated rings. The lowest BCUT2D eigenvalue weighted by Gasteiger charge is -2.00. The Bertz CT molecular complexity index is 167. The quantitative estimate of drug-likeness (QED) is 0.470. The summed E-state index contributed by atoms with van der Waals surface area (Å²) in [5.41, 5.74) is -0.998. The second-order valence-electron chi connectivity index (χ2n) is 1.35. The number of halogens is 3. The van der Waals surface area contributed by atoms with Crippen LogP contribution in [0.25, 0.3) is 0 Å². The maximum atomic E-state index is 11.5. The first-order chi connectivity index (χ1) is 4.11. The largest absolute Gasteiger partial charge is 0.434 e. The van der Waals surface area contributed by atoms with Crippen molar-refractivity contribution in [3.8, 4) is 0 Å². The van der Waals surface area contributed by atoms with Crippen molar-refractivity contribution in [3.05, 3.63) is 11.9 Å². The molecule has 2 nitrogen and oxygen atoms in total. The fourth-order valence-electron chi connectivity index (χ4n) is 0.338. The third-order valence-electron chi connectivity index (χ3n) is 0.705. The molecule has 0 saturated carbocycles. The Labute approximate surface area is 49.1 Å². The molecule has 1 rings (SSSR count). The molecular formula is C4HF3N2. The number of rotatable bonds is 0. The first-order valence-corrected chi connectivity index (χ1v) is 2.03. The molecule has 0 N–H and O–H groups in total. The zero-order chi connectivity index (χ0) is 6.91. The van der Waals surface area contributed by atoms with E-state index in [4.69, 9.17) is 0 Å². The third kappa shape index (κ3) is 1.22. The molecule has 1 heterocycles. The minimum absolute atomic E-state index is 0.625. The van der Waals surface area contributed by atoms with Crippen molar-refractivity contribution in [1.82, 2.24) is 5.32 Å². The molecule has 0 aromatic carbocycles. The Balaban J connectivity index is 2.73. The van der Waals surface area contributed by atoms with Crippen LogP contribution in [0, 0.1) is 0 Å².